The predicted molar refractivity (Wildman–Crippen MR) is 50.0 cm³/mol. The fraction of sp³-hybridized carbons (Fsp3) is 0.300. The summed E-state index contributed by atoms with van der Waals surface area (Å²) in [5.74, 6) is 0.821. The molecule has 1 unspecified atom stereocenters. The molecule has 1 saturated heterocycles. The van der Waals surface area contributed by atoms with Gasteiger partial charge in [-0.05, 0) is 24.5 Å². The molecule has 0 saturated carbocycles. The van der Waals surface area contributed by atoms with Crippen LogP contribution >= 0.6 is 0 Å². The number of urea groups is 1. The monoisotopic (exact) mass is 190 g/mol. The number of carbonyl (C=O) groups is 1. The summed E-state index contributed by atoms with van der Waals surface area (Å²) in [7, 11) is 0. The van der Waals surface area contributed by atoms with Gasteiger partial charge in [0, 0.05) is 0 Å². The molecule has 2 aliphatic heterocycles. The van der Waals surface area contributed by atoms with E-state index in [4.69, 9.17) is 4.74 Å². The lowest BCUT2D eigenvalue weighted by atomic mass is 9.93. The van der Waals surface area contributed by atoms with Crippen molar-refractivity contribution < 1.29 is 9.53 Å². The molecule has 14 heavy (non-hydrogen) atoms. The van der Waals surface area contributed by atoms with Crippen molar-refractivity contribution in [3.05, 3.63) is 35.4 Å². The normalized spacial score (nSPS) is 28.4. The molecule has 0 spiro atoms. The highest BCUT2D eigenvalue weighted by molar-refractivity contribution is 5.81. The summed E-state index contributed by atoms with van der Waals surface area (Å²) in [4.78, 5) is 11.1. The Hall–Kier alpha value is -1.71. The zero-order chi connectivity index (χ0) is 9.54. The number of hydrogen-bond donors (Lipinski definition) is 2. The van der Waals surface area contributed by atoms with Gasteiger partial charge in [0.15, 0.2) is 5.76 Å². The minimum atomic E-state index is -0.128. The first-order valence-electron chi connectivity index (χ1n) is 4.69. The molecule has 0 aromatic rings. The quantitative estimate of drug-likeness (QED) is 0.602. The third kappa shape index (κ3) is 0.968. The van der Waals surface area contributed by atoms with Crippen molar-refractivity contribution in [2.24, 2.45) is 0 Å². The number of nitrogens with one attached hydrogen (secondary N) is 2. The highest BCUT2D eigenvalue weighted by Crippen LogP contribution is 2.33. The fourth-order valence-electron chi connectivity index (χ4n) is 2.05. The lowest BCUT2D eigenvalue weighted by Gasteiger charge is -2.24. The van der Waals surface area contributed by atoms with Crippen molar-refractivity contribution in [2.45, 2.75) is 18.9 Å². The van der Waals surface area contributed by atoms with E-state index in [2.05, 4.69) is 10.6 Å². The fourth-order valence-corrected chi connectivity index (χ4v) is 2.05. The zero-order valence-corrected chi connectivity index (χ0v) is 7.54. The molecule has 2 N–H and O–H groups in total. The number of rotatable bonds is 0. The van der Waals surface area contributed by atoms with Crippen LogP contribution in [0.2, 0.25) is 0 Å². The molecule has 1 aliphatic carbocycles. The van der Waals surface area contributed by atoms with Crippen LogP contribution < -0.4 is 10.6 Å². The van der Waals surface area contributed by atoms with Gasteiger partial charge in [0.05, 0.1) is 18.0 Å². The van der Waals surface area contributed by atoms with E-state index in [1.165, 1.54) is 5.57 Å². The molecule has 72 valence electrons. The Kier molecular flexibility index (Phi) is 1.45. The highest BCUT2D eigenvalue weighted by Gasteiger charge is 2.34. The van der Waals surface area contributed by atoms with Crippen molar-refractivity contribution >= 4 is 6.03 Å². The summed E-state index contributed by atoms with van der Waals surface area (Å²) < 4.78 is 5.42. The molecular weight excluding hydrogens is 180 g/mol. The van der Waals surface area contributed by atoms with Gasteiger partial charge in [-0.3, -0.25) is 0 Å². The smallest absolute Gasteiger partial charge is 0.319 e. The van der Waals surface area contributed by atoms with E-state index in [-0.39, 0.29) is 12.1 Å². The third-order valence-corrected chi connectivity index (χ3v) is 2.70. The van der Waals surface area contributed by atoms with Gasteiger partial charge in [0.25, 0.3) is 0 Å². The lowest BCUT2D eigenvalue weighted by molar-refractivity contribution is 0.247. The van der Waals surface area contributed by atoms with E-state index in [1.54, 1.807) is 6.26 Å². The summed E-state index contributed by atoms with van der Waals surface area (Å²) in [6, 6.07) is -0.0157. The molecule has 2 heterocycles. The van der Waals surface area contributed by atoms with Crippen LogP contribution in [0.25, 0.3) is 0 Å². The van der Waals surface area contributed by atoms with E-state index in [0.29, 0.717) is 0 Å². The van der Waals surface area contributed by atoms with Crippen LogP contribution in [0.4, 0.5) is 4.79 Å². The summed E-state index contributed by atoms with van der Waals surface area (Å²) in [5, 5.41) is 5.63. The summed E-state index contributed by atoms with van der Waals surface area (Å²) in [6.07, 6.45) is 7.45. The van der Waals surface area contributed by atoms with Crippen LogP contribution in [0.15, 0.2) is 35.4 Å². The Labute approximate surface area is 81.3 Å². The van der Waals surface area contributed by atoms with Crippen LogP contribution in [-0.2, 0) is 4.74 Å². The number of hydrogen-bond acceptors (Lipinski definition) is 2. The van der Waals surface area contributed by atoms with Crippen molar-refractivity contribution in [3.8, 4) is 0 Å². The molecule has 0 bridgehead atoms. The maximum Gasteiger partial charge on any atom is 0.319 e. The molecular formula is C10H10N2O2. The van der Waals surface area contributed by atoms with Crippen LogP contribution in [-0.4, -0.2) is 12.1 Å². The Bertz CT molecular complexity index is 393. The highest BCUT2D eigenvalue weighted by atomic mass is 16.5. The van der Waals surface area contributed by atoms with Gasteiger partial charge in [0.1, 0.15) is 0 Å². The molecule has 3 rings (SSSR count). The van der Waals surface area contributed by atoms with Crippen molar-refractivity contribution in [1.82, 2.24) is 10.6 Å². The second-order valence-electron chi connectivity index (χ2n) is 3.57. The average Bonchev–Trinajstić information content (AvgIpc) is 2.59. The minimum Gasteiger partial charge on any atom is -0.463 e. The van der Waals surface area contributed by atoms with Gasteiger partial charge in [-0.15, -0.1) is 0 Å². The SMILES string of the molecule is O=C1NC2=C3OC=CC=C3CCC2N1. The Balaban J connectivity index is 2.07. The van der Waals surface area contributed by atoms with Gasteiger partial charge >= 0.3 is 6.03 Å². The number of allylic oxidation sites excluding steroid dienone is 3. The molecule has 1 atom stereocenters. The Morgan fingerprint density at radius 1 is 1.50 bits per heavy atom. The van der Waals surface area contributed by atoms with Crippen LogP contribution in [0.3, 0.4) is 0 Å². The van der Waals surface area contributed by atoms with E-state index in [0.717, 1.165) is 24.3 Å². The molecule has 4 nitrogen and oxygen atoms in total. The Morgan fingerprint density at radius 2 is 2.43 bits per heavy atom. The van der Waals surface area contributed by atoms with Gasteiger partial charge in [-0.25, -0.2) is 4.79 Å². The third-order valence-electron chi connectivity index (χ3n) is 2.70. The number of ether oxygens (including phenoxy) is 1. The maximum atomic E-state index is 11.1. The van der Waals surface area contributed by atoms with Crippen molar-refractivity contribution in [2.75, 3.05) is 0 Å². The average molecular weight is 190 g/mol. The van der Waals surface area contributed by atoms with Gasteiger partial charge in [-0.1, -0.05) is 6.08 Å². The second-order valence-corrected chi connectivity index (χ2v) is 3.57. The van der Waals surface area contributed by atoms with Gasteiger partial charge < -0.3 is 15.4 Å². The van der Waals surface area contributed by atoms with Crippen molar-refractivity contribution in [1.29, 1.82) is 0 Å². The van der Waals surface area contributed by atoms with Crippen LogP contribution in [0.5, 0.6) is 0 Å². The van der Waals surface area contributed by atoms with Crippen molar-refractivity contribution in [3.63, 3.8) is 0 Å². The molecule has 0 aromatic heterocycles. The first-order valence-corrected chi connectivity index (χ1v) is 4.69. The summed E-state index contributed by atoms with van der Waals surface area (Å²) in [6.45, 7) is 0. The van der Waals surface area contributed by atoms with E-state index in [9.17, 15) is 4.79 Å². The standard InChI is InChI=1S/C10H10N2O2/c13-10-11-7-4-3-6-2-1-5-14-9(6)8(7)12-10/h1-2,5,7H,3-4H2,(H2,11,12,13). The number of fused-ring (bicyclic) bond motifs is 2. The molecule has 0 radical (unpaired) electrons. The van der Waals surface area contributed by atoms with E-state index >= 15 is 0 Å². The molecule has 2 amide bonds. The molecule has 1 fully saturated rings. The largest absolute Gasteiger partial charge is 0.463 e. The van der Waals surface area contributed by atoms with Gasteiger partial charge in [-0.2, -0.15) is 0 Å². The molecule has 3 aliphatic rings. The number of carbonyl (C=O) groups excluding carboxylic acids is 1. The van der Waals surface area contributed by atoms with Crippen LogP contribution in [0.1, 0.15) is 12.8 Å². The molecule has 0 aromatic carbocycles. The first kappa shape index (κ1) is 7.67. The summed E-state index contributed by atoms with van der Waals surface area (Å²) >= 11 is 0. The summed E-state index contributed by atoms with van der Waals surface area (Å²) in [5.41, 5.74) is 2.06. The number of amides is 2. The second kappa shape index (κ2) is 2.64. The molecule has 4 heteroatoms. The van der Waals surface area contributed by atoms with E-state index < -0.39 is 0 Å². The van der Waals surface area contributed by atoms with Gasteiger partial charge in [0.2, 0.25) is 0 Å². The first-order chi connectivity index (χ1) is 6.84. The van der Waals surface area contributed by atoms with E-state index in [1.807, 2.05) is 12.2 Å². The minimum absolute atomic E-state index is 0.112. The van der Waals surface area contributed by atoms with Crippen LogP contribution in [0, 0.1) is 0 Å². The maximum absolute atomic E-state index is 11.1. The Morgan fingerprint density at radius 3 is 3.36 bits per heavy atom. The zero-order valence-electron chi connectivity index (χ0n) is 7.54. The predicted octanol–water partition coefficient (Wildman–Crippen LogP) is 1.14. The lowest BCUT2D eigenvalue weighted by Crippen LogP contribution is -2.28. The topological polar surface area (TPSA) is 50.4 Å².